The minimum absolute atomic E-state index is 0.112. The van der Waals surface area contributed by atoms with Gasteiger partial charge in [-0.05, 0) is 36.1 Å². The predicted octanol–water partition coefficient (Wildman–Crippen LogP) is 3.71. The topological polar surface area (TPSA) is 42.0 Å². The van der Waals surface area contributed by atoms with Crippen molar-refractivity contribution >= 4 is 5.91 Å². The summed E-state index contributed by atoms with van der Waals surface area (Å²) >= 11 is 0. The lowest BCUT2D eigenvalue weighted by Crippen LogP contribution is -2.38. The molecule has 1 fully saturated rings. The summed E-state index contributed by atoms with van der Waals surface area (Å²) < 4.78 is 10.6. The molecule has 2 unspecified atom stereocenters. The zero-order valence-corrected chi connectivity index (χ0v) is 18.6. The first-order valence-electron chi connectivity index (χ1n) is 10.7. The molecule has 2 aromatic carbocycles. The molecule has 5 heteroatoms. The predicted molar refractivity (Wildman–Crippen MR) is 120 cm³/mol. The first kappa shape index (κ1) is 22.3. The summed E-state index contributed by atoms with van der Waals surface area (Å²) in [7, 11) is 3.38. The lowest BCUT2D eigenvalue weighted by atomic mass is 9.88. The molecule has 0 radical (unpaired) electrons. The number of carbonyl (C=O) groups is 1. The molecule has 2 aromatic rings. The highest BCUT2D eigenvalue weighted by Crippen LogP contribution is 2.34. The Balaban J connectivity index is 1.77. The number of methoxy groups -OCH3 is 2. The third-order valence-corrected chi connectivity index (χ3v) is 6.03. The van der Waals surface area contributed by atoms with Crippen molar-refractivity contribution < 1.29 is 14.3 Å². The SMILES string of the molecule is COCCN(CC1CN(Cc2cccc(OC)c2)CC1c1ccc(C)cc1)C(C)=O. The summed E-state index contributed by atoms with van der Waals surface area (Å²) in [6.07, 6.45) is 0. The number of nitrogens with zero attached hydrogens (tertiary/aromatic N) is 2. The zero-order valence-electron chi connectivity index (χ0n) is 18.6. The van der Waals surface area contributed by atoms with Crippen LogP contribution in [0.3, 0.4) is 0 Å². The van der Waals surface area contributed by atoms with Crippen LogP contribution in [0.15, 0.2) is 48.5 Å². The van der Waals surface area contributed by atoms with Crippen LogP contribution in [0.5, 0.6) is 5.75 Å². The van der Waals surface area contributed by atoms with Crippen molar-refractivity contribution in [1.82, 2.24) is 9.80 Å². The van der Waals surface area contributed by atoms with Crippen molar-refractivity contribution in [3.63, 3.8) is 0 Å². The minimum atomic E-state index is 0.112. The average molecular weight is 411 g/mol. The number of hydrogen-bond donors (Lipinski definition) is 0. The highest BCUT2D eigenvalue weighted by Gasteiger charge is 2.35. The van der Waals surface area contributed by atoms with Crippen molar-refractivity contribution in [2.24, 2.45) is 5.92 Å². The first-order chi connectivity index (χ1) is 14.5. The quantitative estimate of drug-likeness (QED) is 0.632. The molecule has 1 amide bonds. The molecule has 0 aromatic heterocycles. The van der Waals surface area contributed by atoms with Crippen LogP contribution in [0.4, 0.5) is 0 Å². The Morgan fingerprint density at radius 2 is 1.90 bits per heavy atom. The Bertz CT molecular complexity index is 821. The Morgan fingerprint density at radius 3 is 2.57 bits per heavy atom. The Labute approximate surface area is 180 Å². The van der Waals surface area contributed by atoms with E-state index in [0.29, 0.717) is 25.0 Å². The molecule has 5 nitrogen and oxygen atoms in total. The van der Waals surface area contributed by atoms with Crippen LogP contribution in [0.25, 0.3) is 0 Å². The van der Waals surface area contributed by atoms with Crippen LogP contribution >= 0.6 is 0 Å². The van der Waals surface area contributed by atoms with Gasteiger partial charge in [-0.15, -0.1) is 0 Å². The van der Waals surface area contributed by atoms with Gasteiger partial charge in [0.2, 0.25) is 5.91 Å². The zero-order chi connectivity index (χ0) is 21.5. The number of rotatable bonds is 9. The van der Waals surface area contributed by atoms with E-state index < -0.39 is 0 Å². The van der Waals surface area contributed by atoms with Crippen molar-refractivity contribution in [1.29, 1.82) is 0 Å². The molecule has 1 aliphatic rings. The van der Waals surface area contributed by atoms with Crippen LogP contribution in [0.1, 0.15) is 29.5 Å². The van der Waals surface area contributed by atoms with E-state index in [9.17, 15) is 4.79 Å². The van der Waals surface area contributed by atoms with Gasteiger partial charge in [-0.1, -0.05) is 42.0 Å². The van der Waals surface area contributed by atoms with Gasteiger partial charge in [-0.25, -0.2) is 0 Å². The van der Waals surface area contributed by atoms with E-state index in [2.05, 4.69) is 48.2 Å². The second kappa shape index (κ2) is 10.6. The molecule has 0 N–H and O–H groups in total. The highest BCUT2D eigenvalue weighted by atomic mass is 16.5. The van der Waals surface area contributed by atoms with Gasteiger partial charge in [0, 0.05) is 52.7 Å². The third-order valence-electron chi connectivity index (χ3n) is 6.03. The molecular formula is C25H34N2O3. The molecule has 0 bridgehead atoms. The number of carbonyl (C=O) groups excluding carboxylic acids is 1. The molecule has 1 aliphatic heterocycles. The van der Waals surface area contributed by atoms with Crippen molar-refractivity contribution in [2.75, 3.05) is 47.0 Å². The number of aryl methyl sites for hydroxylation is 1. The normalized spacial score (nSPS) is 19.1. The second-order valence-corrected chi connectivity index (χ2v) is 8.28. The summed E-state index contributed by atoms with van der Waals surface area (Å²) in [6.45, 7) is 8.56. The molecule has 0 saturated carbocycles. The van der Waals surface area contributed by atoms with E-state index in [1.54, 1.807) is 21.1 Å². The van der Waals surface area contributed by atoms with Crippen LogP contribution in [-0.4, -0.2) is 62.7 Å². The molecule has 1 saturated heterocycles. The monoisotopic (exact) mass is 410 g/mol. The second-order valence-electron chi connectivity index (χ2n) is 8.28. The number of likely N-dealkylation sites (tertiary alicyclic amines) is 1. The first-order valence-corrected chi connectivity index (χ1v) is 10.7. The molecular weight excluding hydrogens is 376 g/mol. The van der Waals surface area contributed by atoms with Gasteiger partial charge in [-0.3, -0.25) is 9.69 Å². The van der Waals surface area contributed by atoms with Gasteiger partial charge in [0.15, 0.2) is 0 Å². The molecule has 30 heavy (non-hydrogen) atoms. The van der Waals surface area contributed by atoms with E-state index in [0.717, 1.165) is 31.9 Å². The number of hydrogen-bond acceptors (Lipinski definition) is 4. The summed E-state index contributed by atoms with van der Waals surface area (Å²) in [6, 6.07) is 17.1. The van der Waals surface area contributed by atoms with E-state index in [1.807, 2.05) is 17.0 Å². The Morgan fingerprint density at radius 1 is 1.13 bits per heavy atom. The van der Waals surface area contributed by atoms with Crippen LogP contribution < -0.4 is 4.74 Å². The molecule has 0 spiro atoms. The van der Waals surface area contributed by atoms with Gasteiger partial charge < -0.3 is 14.4 Å². The number of benzene rings is 2. The van der Waals surface area contributed by atoms with Crippen LogP contribution in [0.2, 0.25) is 0 Å². The Hall–Kier alpha value is -2.37. The van der Waals surface area contributed by atoms with Gasteiger partial charge in [0.25, 0.3) is 0 Å². The smallest absolute Gasteiger partial charge is 0.219 e. The lowest BCUT2D eigenvalue weighted by molar-refractivity contribution is -0.130. The molecule has 2 atom stereocenters. The molecule has 0 aliphatic carbocycles. The van der Waals surface area contributed by atoms with Crippen LogP contribution in [0, 0.1) is 12.8 Å². The number of ether oxygens (including phenoxy) is 2. The van der Waals surface area contributed by atoms with Gasteiger partial charge in [0.1, 0.15) is 5.75 Å². The number of amides is 1. The highest BCUT2D eigenvalue weighted by molar-refractivity contribution is 5.73. The van der Waals surface area contributed by atoms with Crippen molar-refractivity contribution in [3.05, 3.63) is 65.2 Å². The fourth-order valence-electron chi connectivity index (χ4n) is 4.36. The van der Waals surface area contributed by atoms with E-state index in [4.69, 9.17) is 9.47 Å². The maximum Gasteiger partial charge on any atom is 0.219 e. The summed E-state index contributed by atoms with van der Waals surface area (Å²) in [5.74, 6) is 1.79. The van der Waals surface area contributed by atoms with Crippen molar-refractivity contribution in [2.45, 2.75) is 26.3 Å². The maximum atomic E-state index is 12.2. The van der Waals surface area contributed by atoms with Gasteiger partial charge in [-0.2, -0.15) is 0 Å². The summed E-state index contributed by atoms with van der Waals surface area (Å²) in [5, 5.41) is 0. The third kappa shape index (κ3) is 5.83. The fourth-order valence-corrected chi connectivity index (χ4v) is 4.36. The van der Waals surface area contributed by atoms with E-state index >= 15 is 0 Å². The standard InChI is InChI=1S/C25H34N2O3/c1-19-8-10-22(11-9-19)25-18-26(15-21-6-5-7-24(14-21)30-4)16-23(25)17-27(20(2)28)12-13-29-3/h5-11,14,23,25H,12-13,15-18H2,1-4H3. The lowest BCUT2D eigenvalue weighted by Gasteiger charge is -2.27. The van der Waals surface area contributed by atoms with Crippen molar-refractivity contribution in [3.8, 4) is 5.75 Å². The molecule has 162 valence electrons. The van der Waals surface area contributed by atoms with Crippen LogP contribution in [-0.2, 0) is 16.1 Å². The Kier molecular flexibility index (Phi) is 7.88. The molecule has 1 heterocycles. The largest absolute Gasteiger partial charge is 0.497 e. The maximum absolute atomic E-state index is 12.2. The molecule has 3 rings (SSSR count). The van der Waals surface area contributed by atoms with E-state index in [1.165, 1.54) is 16.7 Å². The van der Waals surface area contributed by atoms with Gasteiger partial charge in [0.05, 0.1) is 13.7 Å². The fraction of sp³-hybridized carbons (Fsp3) is 0.480. The minimum Gasteiger partial charge on any atom is -0.497 e. The average Bonchev–Trinajstić information content (AvgIpc) is 3.13. The van der Waals surface area contributed by atoms with Gasteiger partial charge >= 0.3 is 0 Å². The van der Waals surface area contributed by atoms with E-state index in [-0.39, 0.29) is 5.91 Å². The summed E-state index contributed by atoms with van der Waals surface area (Å²) in [4.78, 5) is 16.6. The summed E-state index contributed by atoms with van der Waals surface area (Å²) in [5.41, 5.74) is 3.88.